The van der Waals surface area contributed by atoms with Gasteiger partial charge in [0.05, 0.1) is 6.10 Å². The van der Waals surface area contributed by atoms with Gasteiger partial charge in [0.25, 0.3) is 0 Å². The fourth-order valence-corrected chi connectivity index (χ4v) is 2.77. The number of unbranched alkanes of at least 4 members (excludes halogenated alkanes) is 1. The molecule has 1 aromatic rings. The Morgan fingerprint density at radius 2 is 2.36 bits per heavy atom. The number of anilines is 1. The first-order chi connectivity index (χ1) is 10.7. The van der Waals surface area contributed by atoms with Gasteiger partial charge < -0.3 is 15.4 Å². The lowest BCUT2D eigenvalue weighted by molar-refractivity contribution is 0.0791. The lowest BCUT2D eigenvalue weighted by Crippen LogP contribution is -2.30. The molecule has 0 bridgehead atoms. The molecule has 0 aromatic carbocycles. The SMILES string of the molecule is CO[C@H](CF)CNCCCCc1ccc2c(n1)NCCC2C.[HH]. The van der Waals surface area contributed by atoms with Gasteiger partial charge >= 0.3 is 0 Å². The highest BCUT2D eigenvalue weighted by atomic mass is 19.1. The summed E-state index contributed by atoms with van der Waals surface area (Å²) in [6.45, 7) is 4.31. The van der Waals surface area contributed by atoms with Crippen LogP contribution < -0.4 is 10.6 Å². The Morgan fingerprint density at radius 3 is 3.14 bits per heavy atom. The van der Waals surface area contributed by atoms with Gasteiger partial charge in [-0.1, -0.05) is 13.0 Å². The van der Waals surface area contributed by atoms with E-state index < -0.39 is 6.67 Å². The highest BCUT2D eigenvalue weighted by Crippen LogP contribution is 2.29. The zero-order valence-corrected chi connectivity index (χ0v) is 13.7. The number of aromatic nitrogens is 1. The minimum absolute atomic E-state index is 0. The number of hydrogen-bond acceptors (Lipinski definition) is 4. The Balaban J connectivity index is 0.00000264. The highest BCUT2D eigenvalue weighted by Gasteiger charge is 2.17. The molecule has 4 nitrogen and oxygen atoms in total. The normalized spacial score (nSPS) is 18.6. The maximum absolute atomic E-state index is 12.4. The molecule has 1 aliphatic rings. The van der Waals surface area contributed by atoms with Crippen LogP contribution in [0.2, 0.25) is 0 Å². The first kappa shape index (κ1) is 17.2. The van der Waals surface area contributed by atoms with Crippen LogP contribution in [0, 0.1) is 0 Å². The molecule has 22 heavy (non-hydrogen) atoms. The largest absolute Gasteiger partial charge is 0.377 e. The molecule has 0 amide bonds. The van der Waals surface area contributed by atoms with Gasteiger partial charge in [0.15, 0.2) is 0 Å². The Morgan fingerprint density at radius 1 is 1.50 bits per heavy atom. The predicted molar refractivity (Wildman–Crippen MR) is 90.5 cm³/mol. The van der Waals surface area contributed by atoms with Crippen molar-refractivity contribution in [3.05, 3.63) is 23.4 Å². The Labute approximate surface area is 134 Å². The molecule has 1 aliphatic heterocycles. The molecule has 2 atom stereocenters. The number of nitrogens with zero attached hydrogens (tertiary/aromatic N) is 1. The second kappa shape index (κ2) is 9.06. The number of alkyl halides is 1. The van der Waals surface area contributed by atoms with Crippen molar-refractivity contribution in [1.29, 1.82) is 0 Å². The number of aryl methyl sites for hydroxylation is 1. The molecule has 126 valence electrons. The summed E-state index contributed by atoms with van der Waals surface area (Å²) >= 11 is 0. The van der Waals surface area contributed by atoms with Crippen LogP contribution in [-0.2, 0) is 11.2 Å². The maximum atomic E-state index is 12.4. The van der Waals surface area contributed by atoms with Crippen LogP contribution in [0.1, 0.15) is 44.8 Å². The number of hydrogen-bond donors (Lipinski definition) is 2. The Kier molecular flexibility index (Phi) is 7.06. The van der Waals surface area contributed by atoms with E-state index in [1.165, 1.54) is 12.0 Å². The fourth-order valence-electron chi connectivity index (χ4n) is 2.77. The van der Waals surface area contributed by atoms with Crippen molar-refractivity contribution in [2.24, 2.45) is 0 Å². The molecule has 0 spiro atoms. The number of methoxy groups -OCH3 is 1. The number of rotatable bonds is 9. The first-order valence-corrected chi connectivity index (χ1v) is 8.27. The Bertz CT molecular complexity index is 457. The zero-order chi connectivity index (χ0) is 15.8. The minimum atomic E-state index is -0.437. The topological polar surface area (TPSA) is 46.2 Å². The van der Waals surface area contributed by atoms with Crippen LogP contribution >= 0.6 is 0 Å². The van der Waals surface area contributed by atoms with Crippen molar-refractivity contribution in [3.8, 4) is 0 Å². The van der Waals surface area contributed by atoms with E-state index in [0.29, 0.717) is 12.5 Å². The van der Waals surface area contributed by atoms with E-state index >= 15 is 0 Å². The van der Waals surface area contributed by atoms with Gasteiger partial charge in [0.1, 0.15) is 12.5 Å². The lowest BCUT2D eigenvalue weighted by Gasteiger charge is -2.23. The molecule has 0 fully saturated rings. The summed E-state index contributed by atoms with van der Waals surface area (Å²) in [7, 11) is 1.54. The molecule has 0 saturated carbocycles. The van der Waals surface area contributed by atoms with Crippen LogP contribution in [0.4, 0.5) is 10.2 Å². The standard InChI is InChI=1S/C17H28FN3O.H2/c1-13-8-10-20-17-16(13)7-6-14(21-17)5-3-4-9-19-12-15(11-18)22-2;/h6-7,13,15,19H,3-5,8-12H2,1-2H3,(H,20,21);1H/t13?,15-;/m1./s1. The second-order valence-corrected chi connectivity index (χ2v) is 6.03. The van der Waals surface area contributed by atoms with E-state index in [1.54, 1.807) is 7.11 Å². The molecule has 2 N–H and O–H groups in total. The summed E-state index contributed by atoms with van der Waals surface area (Å²) in [5.41, 5.74) is 2.49. The molecule has 0 saturated heterocycles. The quantitative estimate of drug-likeness (QED) is 0.688. The average Bonchev–Trinajstić information content (AvgIpc) is 2.54. The average molecular weight is 311 g/mol. The van der Waals surface area contributed by atoms with E-state index in [-0.39, 0.29) is 7.53 Å². The van der Waals surface area contributed by atoms with E-state index in [2.05, 4.69) is 29.7 Å². The third-order valence-electron chi connectivity index (χ3n) is 4.30. The number of fused-ring (bicyclic) bond motifs is 1. The van der Waals surface area contributed by atoms with Crippen molar-refractivity contribution in [1.82, 2.24) is 10.3 Å². The van der Waals surface area contributed by atoms with Gasteiger partial charge in [-0.05, 0) is 49.8 Å². The molecule has 2 heterocycles. The third kappa shape index (κ3) is 4.92. The summed E-state index contributed by atoms with van der Waals surface area (Å²) < 4.78 is 17.4. The Hall–Kier alpha value is -1.20. The van der Waals surface area contributed by atoms with E-state index in [1.807, 2.05) is 0 Å². The molecule has 0 aliphatic carbocycles. The van der Waals surface area contributed by atoms with Crippen molar-refractivity contribution >= 4 is 5.82 Å². The highest BCUT2D eigenvalue weighted by molar-refractivity contribution is 5.49. The van der Waals surface area contributed by atoms with Gasteiger partial charge in [-0.15, -0.1) is 0 Å². The molecular weight excluding hydrogens is 281 g/mol. The van der Waals surface area contributed by atoms with Gasteiger partial charge in [-0.25, -0.2) is 9.37 Å². The summed E-state index contributed by atoms with van der Waals surface area (Å²) in [5, 5.41) is 6.63. The van der Waals surface area contributed by atoms with E-state index in [9.17, 15) is 4.39 Å². The van der Waals surface area contributed by atoms with Crippen LogP contribution in [0.3, 0.4) is 0 Å². The van der Waals surface area contributed by atoms with Crippen LogP contribution in [0.15, 0.2) is 12.1 Å². The monoisotopic (exact) mass is 311 g/mol. The van der Waals surface area contributed by atoms with Gasteiger partial charge in [0.2, 0.25) is 0 Å². The van der Waals surface area contributed by atoms with Crippen LogP contribution in [0.25, 0.3) is 0 Å². The smallest absolute Gasteiger partial charge is 0.129 e. The van der Waals surface area contributed by atoms with Crippen molar-refractivity contribution in [2.75, 3.05) is 38.7 Å². The molecule has 0 radical (unpaired) electrons. The van der Waals surface area contributed by atoms with Crippen LogP contribution in [-0.4, -0.2) is 44.5 Å². The summed E-state index contributed by atoms with van der Waals surface area (Å²) in [5.74, 6) is 1.67. The molecule has 1 aromatic heterocycles. The van der Waals surface area contributed by atoms with E-state index in [0.717, 1.165) is 43.9 Å². The predicted octanol–water partition coefficient (Wildman–Crippen LogP) is 3.14. The van der Waals surface area contributed by atoms with Gasteiger partial charge in [-0.3, -0.25) is 0 Å². The van der Waals surface area contributed by atoms with Crippen molar-refractivity contribution < 1.29 is 10.6 Å². The van der Waals surface area contributed by atoms with Gasteiger partial charge in [0, 0.05) is 27.3 Å². The molecule has 1 unspecified atom stereocenters. The fraction of sp³-hybridized carbons (Fsp3) is 0.706. The molecule has 2 rings (SSSR count). The third-order valence-corrected chi connectivity index (χ3v) is 4.30. The summed E-state index contributed by atoms with van der Waals surface area (Å²) in [4.78, 5) is 4.74. The number of nitrogens with one attached hydrogen (secondary N) is 2. The van der Waals surface area contributed by atoms with Crippen LogP contribution in [0.5, 0.6) is 0 Å². The number of ether oxygens (including phenoxy) is 1. The van der Waals surface area contributed by atoms with E-state index in [4.69, 9.17) is 9.72 Å². The molecular formula is C17H30FN3O. The maximum Gasteiger partial charge on any atom is 0.129 e. The minimum Gasteiger partial charge on any atom is -0.377 e. The zero-order valence-electron chi connectivity index (χ0n) is 13.7. The first-order valence-electron chi connectivity index (χ1n) is 8.27. The molecule has 5 heteroatoms. The lowest BCUT2D eigenvalue weighted by atomic mass is 9.95. The summed E-state index contributed by atoms with van der Waals surface area (Å²) in [6, 6.07) is 4.37. The van der Waals surface area contributed by atoms with Crippen molar-refractivity contribution in [3.63, 3.8) is 0 Å². The number of halogens is 1. The summed E-state index contributed by atoms with van der Waals surface area (Å²) in [6.07, 6.45) is 3.99. The number of pyridine rings is 1. The second-order valence-electron chi connectivity index (χ2n) is 6.03. The van der Waals surface area contributed by atoms with Gasteiger partial charge in [-0.2, -0.15) is 0 Å². The van der Waals surface area contributed by atoms with Crippen molar-refractivity contribution in [2.45, 2.75) is 44.6 Å².